The van der Waals surface area contributed by atoms with Gasteiger partial charge in [-0.1, -0.05) is 30.3 Å². The Hall–Kier alpha value is -1.47. The Morgan fingerprint density at radius 3 is 2.48 bits per heavy atom. The standard InChI is InChI=1S/C23H35N3O3/c1-24-11-13-25(14-12-24)21-18-26(22(27)17-19-7-15-29-16-8-19)10-9-23(21,28)20-5-3-2-4-6-20/h2-6,19,21,28H,7-18H2,1H3/t21-,23+/m1/s1. The van der Waals surface area contributed by atoms with Crippen LogP contribution in [0.3, 0.4) is 0 Å². The van der Waals surface area contributed by atoms with Crippen LogP contribution in [-0.2, 0) is 15.1 Å². The average molecular weight is 402 g/mol. The molecule has 3 heterocycles. The van der Waals surface area contributed by atoms with Crippen LogP contribution in [0.15, 0.2) is 30.3 Å². The van der Waals surface area contributed by atoms with Crippen LogP contribution in [0.2, 0.25) is 0 Å². The largest absolute Gasteiger partial charge is 0.383 e. The van der Waals surface area contributed by atoms with Gasteiger partial charge in [-0.3, -0.25) is 9.69 Å². The molecule has 0 bridgehead atoms. The molecule has 0 unspecified atom stereocenters. The van der Waals surface area contributed by atoms with Crippen molar-refractivity contribution in [3.8, 4) is 0 Å². The van der Waals surface area contributed by atoms with Gasteiger partial charge in [0.05, 0.1) is 6.04 Å². The molecule has 0 radical (unpaired) electrons. The van der Waals surface area contributed by atoms with Gasteiger partial charge in [0.25, 0.3) is 0 Å². The summed E-state index contributed by atoms with van der Waals surface area (Å²) < 4.78 is 5.44. The molecule has 6 heteroatoms. The fraction of sp³-hybridized carbons (Fsp3) is 0.696. The van der Waals surface area contributed by atoms with Crippen LogP contribution in [0.1, 0.15) is 31.2 Å². The summed E-state index contributed by atoms with van der Waals surface area (Å²) in [4.78, 5) is 19.8. The summed E-state index contributed by atoms with van der Waals surface area (Å²) in [5, 5.41) is 11.8. The van der Waals surface area contributed by atoms with Crippen LogP contribution in [0.4, 0.5) is 0 Å². The minimum Gasteiger partial charge on any atom is -0.383 e. The molecule has 1 aromatic rings. The molecule has 0 spiro atoms. The number of carbonyl (C=O) groups is 1. The van der Waals surface area contributed by atoms with E-state index in [1.54, 1.807) is 0 Å². The summed E-state index contributed by atoms with van der Waals surface area (Å²) in [5.41, 5.74) is 0.0626. The highest BCUT2D eigenvalue weighted by Gasteiger charge is 2.47. The molecule has 1 aromatic carbocycles. The molecule has 3 aliphatic rings. The van der Waals surface area contributed by atoms with E-state index in [4.69, 9.17) is 4.74 Å². The molecule has 3 saturated heterocycles. The van der Waals surface area contributed by atoms with E-state index >= 15 is 0 Å². The highest BCUT2D eigenvalue weighted by Crippen LogP contribution is 2.37. The third kappa shape index (κ3) is 4.66. The molecule has 0 aliphatic carbocycles. The number of nitrogens with zero attached hydrogens (tertiary/aromatic N) is 3. The van der Waals surface area contributed by atoms with E-state index in [0.29, 0.717) is 31.8 Å². The van der Waals surface area contributed by atoms with Gasteiger partial charge in [-0.2, -0.15) is 0 Å². The Balaban J connectivity index is 1.50. The van der Waals surface area contributed by atoms with E-state index in [0.717, 1.165) is 57.8 Å². The van der Waals surface area contributed by atoms with Crippen LogP contribution in [-0.4, -0.2) is 91.3 Å². The maximum absolute atomic E-state index is 13.1. The molecule has 160 valence electrons. The predicted octanol–water partition coefficient (Wildman–Crippen LogP) is 1.54. The van der Waals surface area contributed by atoms with Crippen LogP contribution < -0.4 is 0 Å². The van der Waals surface area contributed by atoms with Gasteiger partial charge in [0.2, 0.25) is 5.91 Å². The lowest BCUT2D eigenvalue weighted by atomic mass is 9.79. The molecule has 29 heavy (non-hydrogen) atoms. The predicted molar refractivity (Wildman–Crippen MR) is 113 cm³/mol. The van der Waals surface area contributed by atoms with Crippen molar-refractivity contribution in [1.82, 2.24) is 14.7 Å². The quantitative estimate of drug-likeness (QED) is 0.830. The minimum absolute atomic E-state index is 0.0639. The molecule has 3 fully saturated rings. The number of aliphatic hydroxyl groups is 1. The summed E-state index contributed by atoms with van der Waals surface area (Å²) in [5.74, 6) is 0.680. The second-order valence-corrected chi connectivity index (χ2v) is 8.99. The monoisotopic (exact) mass is 401 g/mol. The number of carbonyl (C=O) groups excluding carboxylic acids is 1. The van der Waals surface area contributed by atoms with E-state index < -0.39 is 5.60 Å². The molecule has 6 nitrogen and oxygen atoms in total. The summed E-state index contributed by atoms with van der Waals surface area (Å²) in [7, 11) is 2.14. The van der Waals surface area contributed by atoms with Gasteiger partial charge in [0.1, 0.15) is 5.60 Å². The number of ether oxygens (including phenoxy) is 1. The topological polar surface area (TPSA) is 56.2 Å². The Morgan fingerprint density at radius 2 is 1.79 bits per heavy atom. The van der Waals surface area contributed by atoms with Crippen molar-refractivity contribution in [2.75, 3.05) is 59.5 Å². The van der Waals surface area contributed by atoms with Gasteiger partial charge in [-0.15, -0.1) is 0 Å². The third-order valence-electron chi connectivity index (χ3n) is 7.12. The summed E-state index contributed by atoms with van der Waals surface area (Å²) in [6.07, 6.45) is 3.17. The maximum Gasteiger partial charge on any atom is 0.222 e. The van der Waals surface area contributed by atoms with Gasteiger partial charge in [0, 0.05) is 58.9 Å². The summed E-state index contributed by atoms with van der Waals surface area (Å²) in [6.45, 7) is 6.63. The normalized spacial score (nSPS) is 30.4. The second-order valence-electron chi connectivity index (χ2n) is 8.99. The Bertz CT molecular complexity index is 671. The zero-order valence-corrected chi connectivity index (χ0v) is 17.6. The van der Waals surface area contributed by atoms with Crippen molar-refractivity contribution in [1.29, 1.82) is 0 Å². The van der Waals surface area contributed by atoms with E-state index in [-0.39, 0.29) is 11.9 Å². The van der Waals surface area contributed by atoms with E-state index in [1.807, 2.05) is 35.2 Å². The lowest BCUT2D eigenvalue weighted by molar-refractivity contribution is -0.146. The third-order valence-corrected chi connectivity index (χ3v) is 7.12. The number of amides is 1. The van der Waals surface area contributed by atoms with Crippen LogP contribution in [0.25, 0.3) is 0 Å². The molecule has 0 saturated carbocycles. The fourth-order valence-corrected chi connectivity index (χ4v) is 5.09. The van der Waals surface area contributed by atoms with Gasteiger partial charge < -0.3 is 19.6 Å². The average Bonchev–Trinajstić information content (AvgIpc) is 2.76. The van der Waals surface area contributed by atoms with E-state index in [9.17, 15) is 9.90 Å². The van der Waals surface area contributed by atoms with Gasteiger partial charge in [-0.05, 0) is 37.8 Å². The first-order valence-corrected chi connectivity index (χ1v) is 11.1. The molecule has 3 aliphatic heterocycles. The van der Waals surface area contributed by atoms with Crippen LogP contribution in [0, 0.1) is 5.92 Å². The first-order valence-electron chi connectivity index (χ1n) is 11.1. The molecule has 2 atom stereocenters. The molecule has 0 aromatic heterocycles. The molecule has 1 amide bonds. The highest BCUT2D eigenvalue weighted by molar-refractivity contribution is 5.76. The van der Waals surface area contributed by atoms with E-state index in [2.05, 4.69) is 16.8 Å². The van der Waals surface area contributed by atoms with Gasteiger partial charge in [-0.25, -0.2) is 0 Å². The van der Waals surface area contributed by atoms with Crippen molar-refractivity contribution >= 4 is 5.91 Å². The van der Waals surface area contributed by atoms with Crippen molar-refractivity contribution < 1.29 is 14.6 Å². The van der Waals surface area contributed by atoms with Crippen molar-refractivity contribution in [3.63, 3.8) is 0 Å². The number of likely N-dealkylation sites (tertiary alicyclic amines) is 1. The van der Waals surface area contributed by atoms with Crippen LogP contribution in [0.5, 0.6) is 0 Å². The first kappa shape index (κ1) is 20.8. The number of hydrogen-bond donors (Lipinski definition) is 1. The highest BCUT2D eigenvalue weighted by atomic mass is 16.5. The van der Waals surface area contributed by atoms with Crippen LogP contribution >= 0.6 is 0 Å². The molecular weight excluding hydrogens is 366 g/mol. The zero-order chi connectivity index (χ0) is 20.3. The van der Waals surface area contributed by atoms with Gasteiger partial charge in [0.15, 0.2) is 0 Å². The van der Waals surface area contributed by atoms with Crippen molar-refractivity contribution in [2.24, 2.45) is 5.92 Å². The van der Waals surface area contributed by atoms with Gasteiger partial charge >= 0.3 is 0 Å². The SMILES string of the molecule is CN1CCN([C@@H]2CN(C(=O)CC3CCOCC3)CC[C@]2(O)c2ccccc2)CC1. The second kappa shape index (κ2) is 9.13. The Kier molecular flexibility index (Phi) is 6.54. The molecule has 1 N–H and O–H groups in total. The van der Waals surface area contributed by atoms with Crippen molar-refractivity contribution in [3.05, 3.63) is 35.9 Å². The number of rotatable bonds is 4. The number of benzene rings is 1. The zero-order valence-electron chi connectivity index (χ0n) is 17.6. The lowest BCUT2D eigenvalue weighted by Gasteiger charge is -2.51. The molecule has 4 rings (SSSR count). The number of piperidine rings is 1. The molecular formula is C23H35N3O3. The maximum atomic E-state index is 13.1. The summed E-state index contributed by atoms with van der Waals surface area (Å²) in [6, 6.07) is 9.98. The summed E-state index contributed by atoms with van der Waals surface area (Å²) >= 11 is 0. The lowest BCUT2D eigenvalue weighted by Crippen LogP contribution is -2.64. The number of piperazine rings is 1. The minimum atomic E-state index is -0.910. The Labute approximate surface area is 174 Å². The first-order chi connectivity index (χ1) is 14.1. The van der Waals surface area contributed by atoms with Crippen molar-refractivity contribution in [2.45, 2.75) is 37.3 Å². The number of hydrogen-bond acceptors (Lipinski definition) is 5. The fourth-order valence-electron chi connectivity index (χ4n) is 5.09. The smallest absolute Gasteiger partial charge is 0.222 e. The Morgan fingerprint density at radius 1 is 1.10 bits per heavy atom. The van der Waals surface area contributed by atoms with E-state index in [1.165, 1.54) is 0 Å². The number of likely N-dealkylation sites (N-methyl/N-ethyl adjacent to an activating group) is 1.